The maximum atomic E-state index is 12.5. The van der Waals surface area contributed by atoms with Crippen LogP contribution in [0.15, 0.2) is 54.7 Å². The lowest BCUT2D eigenvalue weighted by Gasteiger charge is -2.12. The maximum Gasteiger partial charge on any atom is 0.262 e. The zero-order chi connectivity index (χ0) is 20.4. The molecule has 2 aromatic carbocycles. The zero-order valence-electron chi connectivity index (χ0n) is 16.5. The molecule has 0 bridgehead atoms. The Morgan fingerprint density at radius 3 is 2.72 bits per heavy atom. The standard InChI is InChI=1S/C23H21N3O2S/c1-14-6-7-16(3)20(11-14)28-13-21(27)25-19-12-17(9-8-15(19)2)22-26-18-5-4-10-24-23(18)29-22/h4-12H,13H2,1-3H3,(H,25,27). The summed E-state index contributed by atoms with van der Waals surface area (Å²) in [6.45, 7) is 5.88. The molecule has 2 aromatic heterocycles. The van der Waals surface area contributed by atoms with Crippen molar-refractivity contribution in [2.24, 2.45) is 0 Å². The number of rotatable bonds is 5. The molecule has 0 radical (unpaired) electrons. The molecule has 5 nitrogen and oxygen atoms in total. The van der Waals surface area contributed by atoms with Crippen molar-refractivity contribution in [1.29, 1.82) is 0 Å². The second kappa shape index (κ2) is 8.01. The van der Waals surface area contributed by atoms with Crippen LogP contribution in [0.4, 0.5) is 5.69 Å². The first-order valence-electron chi connectivity index (χ1n) is 9.32. The van der Waals surface area contributed by atoms with E-state index in [1.54, 1.807) is 6.20 Å². The van der Waals surface area contributed by atoms with E-state index in [1.807, 2.05) is 69.3 Å². The van der Waals surface area contributed by atoms with E-state index in [0.717, 1.165) is 49.0 Å². The largest absolute Gasteiger partial charge is 0.483 e. The van der Waals surface area contributed by atoms with Crippen LogP contribution in [0.3, 0.4) is 0 Å². The number of benzene rings is 2. The van der Waals surface area contributed by atoms with E-state index >= 15 is 0 Å². The maximum absolute atomic E-state index is 12.5. The van der Waals surface area contributed by atoms with Gasteiger partial charge >= 0.3 is 0 Å². The number of thiazole rings is 1. The normalized spacial score (nSPS) is 10.9. The van der Waals surface area contributed by atoms with Gasteiger partial charge in [-0.3, -0.25) is 4.79 Å². The molecule has 0 saturated heterocycles. The number of carbonyl (C=O) groups is 1. The van der Waals surface area contributed by atoms with Crippen molar-refractivity contribution in [2.45, 2.75) is 20.8 Å². The van der Waals surface area contributed by atoms with Crippen molar-refractivity contribution in [2.75, 3.05) is 11.9 Å². The molecular formula is C23H21N3O2S. The Morgan fingerprint density at radius 1 is 1.07 bits per heavy atom. The van der Waals surface area contributed by atoms with Gasteiger partial charge in [0.2, 0.25) is 0 Å². The summed E-state index contributed by atoms with van der Waals surface area (Å²) in [5.74, 6) is 0.532. The summed E-state index contributed by atoms with van der Waals surface area (Å²) >= 11 is 1.53. The van der Waals surface area contributed by atoms with Crippen molar-refractivity contribution >= 4 is 33.3 Å². The third kappa shape index (κ3) is 4.27. The number of nitrogens with one attached hydrogen (secondary N) is 1. The van der Waals surface area contributed by atoms with Crippen molar-refractivity contribution in [1.82, 2.24) is 9.97 Å². The molecule has 4 rings (SSSR count). The van der Waals surface area contributed by atoms with Gasteiger partial charge in [-0.05, 0) is 61.7 Å². The fraction of sp³-hybridized carbons (Fsp3) is 0.174. The van der Waals surface area contributed by atoms with Crippen LogP contribution < -0.4 is 10.1 Å². The summed E-state index contributed by atoms with van der Waals surface area (Å²) in [5, 5.41) is 3.83. The van der Waals surface area contributed by atoms with E-state index in [1.165, 1.54) is 11.3 Å². The van der Waals surface area contributed by atoms with E-state index in [4.69, 9.17) is 4.74 Å². The van der Waals surface area contributed by atoms with E-state index in [-0.39, 0.29) is 12.5 Å². The number of hydrogen-bond acceptors (Lipinski definition) is 5. The smallest absolute Gasteiger partial charge is 0.262 e. The number of pyridine rings is 1. The van der Waals surface area contributed by atoms with Crippen LogP contribution in [0.25, 0.3) is 20.9 Å². The van der Waals surface area contributed by atoms with Crippen LogP contribution in [-0.2, 0) is 4.79 Å². The van der Waals surface area contributed by atoms with Crippen molar-refractivity contribution in [3.05, 3.63) is 71.4 Å². The first-order chi connectivity index (χ1) is 14.0. The van der Waals surface area contributed by atoms with E-state index in [2.05, 4.69) is 15.3 Å². The van der Waals surface area contributed by atoms with Gasteiger partial charge in [-0.2, -0.15) is 0 Å². The molecule has 146 valence electrons. The summed E-state index contributed by atoms with van der Waals surface area (Å²) in [6.07, 6.45) is 1.76. The molecule has 6 heteroatoms. The molecule has 0 aliphatic heterocycles. The Bertz CT molecular complexity index is 1170. The average molecular weight is 404 g/mol. The molecule has 4 aromatic rings. The van der Waals surface area contributed by atoms with E-state index in [0.29, 0.717) is 0 Å². The highest BCUT2D eigenvalue weighted by atomic mass is 32.1. The van der Waals surface area contributed by atoms with E-state index in [9.17, 15) is 4.79 Å². The molecule has 0 spiro atoms. The fourth-order valence-corrected chi connectivity index (χ4v) is 3.88. The van der Waals surface area contributed by atoms with Gasteiger partial charge in [0.1, 0.15) is 21.1 Å². The Balaban J connectivity index is 1.50. The highest BCUT2D eigenvalue weighted by Crippen LogP contribution is 2.31. The Labute approximate surface area is 173 Å². The molecule has 1 amide bonds. The Morgan fingerprint density at radius 2 is 1.90 bits per heavy atom. The van der Waals surface area contributed by atoms with Crippen LogP contribution in [-0.4, -0.2) is 22.5 Å². The summed E-state index contributed by atoms with van der Waals surface area (Å²) in [6, 6.07) is 15.7. The number of nitrogens with zero attached hydrogens (tertiary/aromatic N) is 2. The van der Waals surface area contributed by atoms with Crippen molar-refractivity contribution in [3.63, 3.8) is 0 Å². The predicted molar refractivity (Wildman–Crippen MR) is 118 cm³/mol. The van der Waals surface area contributed by atoms with Gasteiger partial charge < -0.3 is 10.1 Å². The second-order valence-corrected chi connectivity index (χ2v) is 7.96. The van der Waals surface area contributed by atoms with Crippen molar-refractivity contribution in [3.8, 4) is 16.3 Å². The van der Waals surface area contributed by atoms with Gasteiger partial charge in [0.25, 0.3) is 5.91 Å². The average Bonchev–Trinajstić information content (AvgIpc) is 3.14. The highest BCUT2D eigenvalue weighted by Gasteiger charge is 2.11. The number of anilines is 1. The number of fused-ring (bicyclic) bond motifs is 1. The number of aromatic nitrogens is 2. The summed E-state index contributed by atoms with van der Waals surface area (Å²) in [5.41, 5.74) is 5.66. The number of aryl methyl sites for hydroxylation is 3. The Kier molecular flexibility index (Phi) is 5.27. The topological polar surface area (TPSA) is 64.1 Å². The molecular weight excluding hydrogens is 382 g/mol. The molecule has 29 heavy (non-hydrogen) atoms. The molecule has 1 N–H and O–H groups in total. The van der Waals surface area contributed by atoms with Crippen molar-refractivity contribution < 1.29 is 9.53 Å². The first kappa shape index (κ1) is 19.1. The molecule has 0 saturated carbocycles. The van der Waals surface area contributed by atoms with Crippen LogP contribution in [0, 0.1) is 20.8 Å². The molecule has 0 aliphatic carbocycles. The summed E-state index contributed by atoms with van der Waals surface area (Å²) in [7, 11) is 0. The van der Waals surface area contributed by atoms with Gasteiger partial charge in [0.05, 0.1) is 0 Å². The van der Waals surface area contributed by atoms with Gasteiger partial charge in [-0.15, -0.1) is 0 Å². The number of amides is 1. The Hall–Kier alpha value is -3.25. The quantitative estimate of drug-likeness (QED) is 0.491. The fourth-order valence-electron chi connectivity index (χ4n) is 2.98. The lowest BCUT2D eigenvalue weighted by molar-refractivity contribution is -0.118. The third-order valence-corrected chi connectivity index (χ3v) is 5.66. The number of ether oxygens (including phenoxy) is 1. The predicted octanol–water partition coefficient (Wildman–Crippen LogP) is 5.30. The van der Waals surface area contributed by atoms with Crippen LogP contribution in [0.5, 0.6) is 5.75 Å². The van der Waals surface area contributed by atoms with Crippen LogP contribution >= 0.6 is 11.3 Å². The zero-order valence-corrected chi connectivity index (χ0v) is 17.3. The monoisotopic (exact) mass is 403 g/mol. The molecule has 0 fully saturated rings. The lowest BCUT2D eigenvalue weighted by atomic mass is 10.1. The second-order valence-electron chi connectivity index (χ2n) is 6.98. The SMILES string of the molecule is Cc1ccc(C)c(OCC(=O)Nc2cc(-c3nc4cccnc4s3)ccc2C)c1. The number of hydrogen-bond donors (Lipinski definition) is 1. The molecule has 0 atom stereocenters. The van der Waals surface area contributed by atoms with Gasteiger partial charge in [-0.1, -0.05) is 35.6 Å². The minimum atomic E-state index is -0.197. The van der Waals surface area contributed by atoms with Gasteiger partial charge in [-0.25, -0.2) is 9.97 Å². The molecule has 2 heterocycles. The van der Waals surface area contributed by atoms with Gasteiger partial charge in [0.15, 0.2) is 6.61 Å². The third-order valence-electron chi connectivity index (χ3n) is 4.63. The van der Waals surface area contributed by atoms with Crippen LogP contribution in [0.2, 0.25) is 0 Å². The summed E-state index contributed by atoms with van der Waals surface area (Å²) in [4.78, 5) is 22.4. The highest BCUT2D eigenvalue weighted by molar-refractivity contribution is 7.21. The number of carbonyl (C=O) groups excluding carboxylic acids is 1. The minimum absolute atomic E-state index is 0.0426. The molecule has 0 aliphatic rings. The minimum Gasteiger partial charge on any atom is -0.483 e. The van der Waals surface area contributed by atoms with Gasteiger partial charge in [0, 0.05) is 17.4 Å². The lowest BCUT2D eigenvalue weighted by Crippen LogP contribution is -2.21. The summed E-state index contributed by atoms with van der Waals surface area (Å²) < 4.78 is 5.72. The van der Waals surface area contributed by atoms with Crippen LogP contribution in [0.1, 0.15) is 16.7 Å². The molecule has 0 unspecified atom stereocenters. The van der Waals surface area contributed by atoms with E-state index < -0.39 is 0 Å². The first-order valence-corrected chi connectivity index (χ1v) is 10.1.